The van der Waals surface area contributed by atoms with Gasteiger partial charge in [-0.2, -0.15) is 11.8 Å². The van der Waals surface area contributed by atoms with Crippen molar-refractivity contribution in [2.45, 2.75) is 24.4 Å². The minimum Gasteiger partial charge on any atom is -0.354 e. The molecule has 2 saturated heterocycles. The number of likely N-dealkylation sites (tertiary alicyclic amines) is 1. The van der Waals surface area contributed by atoms with Gasteiger partial charge in [-0.3, -0.25) is 9.89 Å². The molecule has 0 amide bonds. The summed E-state index contributed by atoms with van der Waals surface area (Å²) in [5, 5.41) is 3.67. The van der Waals surface area contributed by atoms with E-state index in [2.05, 4.69) is 63.0 Å². The standard InChI is InChI=1S/C17H31N5S.HI/c1-18-16(19-13-17(20(2)3)7-11-23-14-17)22-10-6-15(12-22)21-8-4-5-9-21;/h4-5,15H,6-14H2,1-3H3,(H,18,19);1H. The highest BCUT2D eigenvalue weighted by Gasteiger charge is 2.37. The Labute approximate surface area is 168 Å². The first-order valence-corrected chi connectivity index (χ1v) is 9.90. The van der Waals surface area contributed by atoms with Gasteiger partial charge in [-0.15, -0.1) is 24.0 Å². The van der Waals surface area contributed by atoms with E-state index in [1.807, 2.05) is 7.05 Å². The fourth-order valence-corrected chi connectivity index (χ4v) is 5.40. The molecule has 2 unspecified atom stereocenters. The van der Waals surface area contributed by atoms with Crippen molar-refractivity contribution in [3.05, 3.63) is 12.2 Å². The molecule has 3 aliphatic heterocycles. The molecule has 2 fully saturated rings. The highest BCUT2D eigenvalue weighted by atomic mass is 127. The smallest absolute Gasteiger partial charge is 0.193 e. The van der Waals surface area contributed by atoms with Crippen LogP contribution in [0.4, 0.5) is 0 Å². The number of hydrogen-bond donors (Lipinski definition) is 1. The molecule has 0 spiro atoms. The van der Waals surface area contributed by atoms with Crippen LogP contribution in [0, 0.1) is 0 Å². The summed E-state index contributed by atoms with van der Waals surface area (Å²) in [5.41, 5.74) is 0.276. The monoisotopic (exact) mass is 465 g/mol. The minimum absolute atomic E-state index is 0. The second kappa shape index (κ2) is 9.09. The van der Waals surface area contributed by atoms with Crippen molar-refractivity contribution in [1.82, 2.24) is 20.0 Å². The Balaban J connectivity index is 0.00000208. The summed E-state index contributed by atoms with van der Waals surface area (Å²) in [5.74, 6) is 3.57. The Morgan fingerprint density at radius 1 is 1.38 bits per heavy atom. The van der Waals surface area contributed by atoms with Gasteiger partial charge in [0.1, 0.15) is 0 Å². The highest BCUT2D eigenvalue weighted by Crippen LogP contribution is 2.31. The predicted octanol–water partition coefficient (Wildman–Crippen LogP) is 1.56. The van der Waals surface area contributed by atoms with E-state index in [-0.39, 0.29) is 29.5 Å². The quantitative estimate of drug-likeness (QED) is 0.295. The molecule has 3 aliphatic rings. The number of hydrogen-bond acceptors (Lipinski definition) is 4. The summed E-state index contributed by atoms with van der Waals surface area (Å²) in [6.45, 7) is 5.44. The van der Waals surface area contributed by atoms with Crippen LogP contribution in [0.5, 0.6) is 0 Å². The van der Waals surface area contributed by atoms with Gasteiger partial charge >= 0.3 is 0 Å². The van der Waals surface area contributed by atoms with E-state index < -0.39 is 0 Å². The van der Waals surface area contributed by atoms with Crippen LogP contribution in [0.1, 0.15) is 12.8 Å². The molecular formula is C17H32IN5S. The zero-order valence-corrected chi connectivity index (χ0v) is 18.3. The summed E-state index contributed by atoms with van der Waals surface area (Å²) in [4.78, 5) is 12.0. The number of guanidine groups is 1. The lowest BCUT2D eigenvalue weighted by atomic mass is 9.97. The molecule has 0 aromatic heterocycles. The number of halogens is 1. The molecule has 0 radical (unpaired) electrons. The third kappa shape index (κ3) is 4.40. The van der Waals surface area contributed by atoms with E-state index in [0.717, 1.165) is 38.7 Å². The molecule has 3 heterocycles. The molecule has 7 heteroatoms. The summed E-state index contributed by atoms with van der Waals surface area (Å²) in [7, 11) is 6.34. The van der Waals surface area contributed by atoms with E-state index in [9.17, 15) is 0 Å². The van der Waals surface area contributed by atoms with Gasteiger partial charge in [-0.05, 0) is 32.7 Å². The van der Waals surface area contributed by atoms with Gasteiger partial charge in [0.15, 0.2) is 5.96 Å². The van der Waals surface area contributed by atoms with Crippen LogP contribution >= 0.6 is 35.7 Å². The summed E-state index contributed by atoms with van der Waals surface area (Å²) in [6.07, 6.45) is 7.08. The lowest BCUT2D eigenvalue weighted by Crippen LogP contribution is -2.55. The van der Waals surface area contributed by atoms with Crippen molar-refractivity contribution in [2.75, 3.05) is 65.4 Å². The Morgan fingerprint density at radius 3 is 2.71 bits per heavy atom. The zero-order chi connectivity index (χ0) is 16.3. The average Bonchev–Trinajstić information content (AvgIpc) is 3.29. The molecule has 0 bridgehead atoms. The molecule has 5 nitrogen and oxygen atoms in total. The molecule has 1 N–H and O–H groups in total. The Hall–Kier alpha value is 0.01000. The first kappa shape index (κ1) is 20.3. The Bertz CT molecular complexity index is 454. The summed E-state index contributed by atoms with van der Waals surface area (Å²) >= 11 is 2.07. The SMILES string of the molecule is CN=C(NCC1(N(C)C)CCSC1)N1CCC(N2CC=CC2)C1.I. The fraction of sp³-hybridized carbons (Fsp3) is 0.824. The van der Waals surface area contributed by atoms with Crippen LogP contribution < -0.4 is 5.32 Å². The van der Waals surface area contributed by atoms with Crippen LogP contribution in [0.25, 0.3) is 0 Å². The Morgan fingerprint density at radius 2 is 2.12 bits per heavy atom. The van der Waals surface area contributed by atoms with Crippen LogP contribution in [0.3, 0.4) is 0 Å². The van der Waals surface area contributed by atoms with Gasteiger partial charge in [0.25, 0.3) is 0 Å². The van der Waals surface area contributed by atoms with E-state index in [1.54, 1.807) is 0 Å². The van der Waals surface area contributed by atoms with Crippen LogP contribution in [0.15, 0.2) is 17.1 Å². The maximum Gasteiger partial charge on any atom is 0.193 e. The van der Waals surface area contributed by atoms with Crippen molar-refractivity contribution >= 4 is 41.7 Å². The van der Waals surface area contributed by atoms with E-state index >= 15 is 0 Å². The predicted molar refractivity (Wildman–Crippen MR) is 116 cm³/mol. The fourth-order valence-electron chi connectivity index (χ4n) is 3.85. The van der Waals surface area contributed by atoms with Crippen molar-refractivity contribution in [3.8, 4) is 0 Å². The third-order valence-corrected chi connectivity index (χ3v) is 6.88. The van der Waals surface area contributed by atoms with Crippen molar-refractivity contribution < 1.29 is 0 Å². The maximum absolute atomic E-state index is 4.55. The molecule has 24 heavy (non-hydrogen) atoms. The third-order valence-electron chi connectivity index (χ3n) is 5.64. The molecular weight excluding hydrogens is 433 g/mol. The summed E-state index contributed by atoms with van der Waals surface area (Å²) in [6, 6.07) is 0.674. The largest absolute Gasteiger partial charge is 0.354 e. The average molecular weight is 465 g/mol. The van der Waals surface area contributed by atoms with Gasteiger partial charge in [-0.25, -0.2) is 0 Å². The molecule has 2 atom stereocenters. The zero-order valence-electron chi connectivity index (χ0n) is 15.2. The number of aliphatic imine (C=N–C) groups is 1. The molecule has 3 rings (SSSR count). The summed E-state index contributed by atoms with van der Waals surface area (Å²) < 4.78 is 0. The first-order chi connectivity index (χ1) is 11.1. The maximum atomic E-state index is 4.55. The van der Waals surface area contributed by atoms with Crippen molar-refractivity contribution in [1.29, 1.82) is 0 Å². The van der Waals surface area contributed by atoms with Gasteiger partial charge < -0.3 is 15.1 Å². The van der Waals surface area contributed by atoms with Gasteiger partial charge in [0.2, 0.25) is 0 Å². The van der Waals surface area contributed by atoms with Gasteiger partial charge in [0.05, 0.1) is 0 Å². The van der Waals surface area contributed by atoms with Crippen LogP contribution in [0.2, 0.25) is 0 Å². The number of rotatable bonds is 4. The number of nitrogens with one attached hydrogen (secondary N) is 1. The topological polar surface area (TPSA) is 34.1 Å². The minimum atomic E-state index is 0. The van der Waals surface area contributed by atoms with Gasteiger partial charge in [-0.1, -0.05) is 12.2 Å². The van der Waals surface area contributed by atoms with E-state index in [4.69, 9.17) is 0 Å². The van der Waals surface area contributed by atoms with Crippen molar-refractivity contribution in [3.63, 3.8) is 0 Å². The molecule has 0 aliphatic carbocycles. The lowest BCUT2D eigenvalue weighted by Gasteiger charge is -2.37. The second-order valence-electron chi connectivity index (χ2n) is 7.14. The normalized spacial score (nSPS) is 31.1. The van der Waals surface area contributed by atoms with Crippen LogP contribution in [-0.4, -0.2) is 97.6 Å². The number of nitrogens with zero attached hydrogens (tertiary/aromatic N) is 4. The molecule has 138 valence electrons. The molecule has 0 aromatic rings. The molecule has 0 aromatic carbocycles. The van der Waals surface area contributed by atoms with E-state index in [1.165, 1.54) is 24.3 Å². The van der Waals surface area contributed by atoms with E-state index in [0.29, 0.717) is 6.04 Å². The number of thioether (sulfide) groups is 1. The Kier molecular flexibility index (Phi) is 7.70. The van der Waals surface area contributed by atoms with Gasteiger partial charge in [0, 0.05) is 57.1 Å². The highest BCUT2D eigenvalue weighted by molar-refractivity contribution is 14.0. The number of likely N-dealkylation sites (N-methyl/N-ethyl adjacent to an activating group) is 1. The van der Waals surface area contributed by atoms with Crippen LogP contribution in [-0.2, 0) is 0 Å². The van der Waals surface area contributed by atoms with Crippen molar-refractivity contribution in [2.24, 2.45) is 4.99 Å². The molecule has 0 saturated carbocycles. The first-order valence-electron chi connectivity index (χ1n) is 8.74. The lowest BCUT2D eigenvalue weighted by molar-refractivity contribution is 0.181. The second-order valence-corrected chi connectivity index (χ2v) is 8.24.